The van der Waals surface area contributed by atoms with Gasteiger partial charge in [0.2, 0.25) is 5.91 Å². The molecule has 0 saturated carbocycles. The summed E-state index contributed by atoms with van der Waals surface area (Å²) < 4.78 is 1.56. The average Bonchev–Trinajstić information content (AvgIpc) is 3.45. The number of H-pyrrole nitrogens is 1. The predicted molar refractivity (Wildman–Crippen MR) is 114 cm³/mol. The molecule has 4 aromatic rings. The van der Waals surface area contributed by atoms with Gasteiger partial charge >= 0.3 is 0 Å². The summed E-state index contributed by atoms with van der Waals surface area (Å²) in [4.78, 5) is 25.2. The molecular weight excluding hydrogens is 378 g/mol. The highest BCUT2D eigenvalue weighted by molar-refractivity contribution is 5.86. The SMILES string of the molecule is CN1CCN(C(=O)Cn2ccnn2)C(c2ncc(-c3ccc4ccccc4c3)[nH]2)C1. The highest BCUT2D eigenvalue weighted by atomic mass is 16.2. The third kappa shape index (κ3) is 3.57. The molecule has 3 heterocycles. The predicted octanol–water partition coefficient (Wildman–Crippen LogP) is 2.34. The van der Waals surface area contributed by atoms with Gasteiger partial charge < -0.3 is 14.8 Å². The van der Waals surface area contributed by atoms with E-state index in [0.29, 0.717) is 6.54 Å². The number of benzene rings is 2. The van der Waals surface area contributed by atoms with E-state index in [9.17, 15) is 4.79 Å². The van der Waals surface area contributed by atoms with Crippen LogP contribution in [0.3, 0.4) is 0 Å². The zero-order valence-electron chi connectivity index (χ0n) is 16.8. The Morgan fingerprint density at radius 2 is 2.03 bits per heavy atom. The number of hydrogen-bond acceptors (Lipinski definition) is 5. The molecule has 1 unspecified atom stereocenters. The van der Waals surface area contributed by atoms with Gasteiger partial charge in [0, 0.05) is 31.4 Å². The maximum Gasteiger partial charge on any atom is 0.245 e. The van der Waals surface area contributed by atoms with Crippen LogP contribution in [-0.4, -0.2) is 67.4 Å². The number of carbonyl (C=O) groups excluding carboxylic acids is 1. The van der Waals surface area contributed by atoms with Gasteiger partial charge in [-0.15, -0.1) is 5.10 Å². The fourth-order valence-corrected chi connectivity index (χ4v) is 4.01. The molecule has 30 heavy (non-hydrogen) atoms. The van der Waals surface area contributed by atoms with Crippen LogP contribution in [0.1, 0.15) is 11.9 Å². The Balaban J connectivity index is 1.42. The zero-order valence-corrected chi connectivity index (χ0v) is 16.8. The van der Waals surface area contributed by atoms with E-state index in [-0.39, 0.29) is 18.5 Å². The lowest BCUT2D eigenvalue weighted by molar-refractivity contribution is -0.137. The maximum absolute atomic E-state index is 13.0. The van der Waals surface area contributed by atoms with Gasteiger partial charge in [-0.25, -0.2) is 9.67 Å². The summed E-state index contributed by atoms with van der Waals surface area (Å²) in [6.45, 7) is 2.39. The third-order valence-electron chi connectivity index (χ3n) is 5.64. The number of fused-ring (bicyclic) bond motifs is 1. The van der Waals surface area contributed by atoms with Crippen molar-refractivity contribution in [1.29, 1.82) is 0 Å². The number of rotatable bonds is 4. The van der Waals surface area contributed by atoms with Crippen molar-refractivity contribution in [2.45, 2.75) is 12.6 Å². The number of imidazole rings is 1. The topological polar surface area (TPSA) is 82.9 Å². The van der Waals surface area contributed by atoms with Crippen molar-refractivity contribution in [3.63, 3.8) is 0 Å². The first-order valence-corrected chi connectivity index (χ1v) is 10.0. The molecule has 1 aliphatic heterocycles. The molecule has 1 amide bonds. The van der Waals surface area contributed by atoms with Crippen LogP contribution in [0, 0.1) is 0 Å². The van der Waals surface area contributed by atoms with E-state index in [1.165, 1.54) is 10.8 Å². The molecule has 8 heteroatoms. The lowest BCUT2D eigenvalue weighted by atomic mass is 10.1. The van der Waals surface area contributed by atoms with E-state index in [4.69, 9.17) is 0 Å². The Bertz CT molecular complexity index is 1170. The van der Waals surface area contributed by atoms with E-state index in [0.717, 1.165) is 30.2 Å². The van der Waals surface area contributed by atoms with Gasteiger partial charge in [-0.05, 0) is 23.9 Å². The minimum absolute atomic E-state index is 0.0160. The molecule has 1 atom stereocenters. The summed E-state index contributed by atoms with van der Waals surface area (Å²) in [7, 11) is 2.07. The van der Waals surface area contributed by atoms with Gasteiger partial charge in [0.15, 0.2) is 0 Å². The second kappa shape index (κ2) is 7.72. The van der Waals surface area contributed by atoms with Gasteiger partial charge in [-0.3, -0.25) is 4.79 Å². The molecule has 0 spiro atoms. The molecule has 0 bridgehead atoms. The second-order valence-corrected chi connectivity index (χ2v) is 7.71. The first-order chi connectivity index (χ1) is 14.7. The number of hydrogen-bond donors (Lipinski definition) is 1. The third-order valence-corrected chi connectivity index (χ3v) is 5.64. The molecular formula is C22H23N7O. The molecule has 1 saturated heterocycles. The van der Waals surface area contributed by atoms with E-state index in [1.807, 2.05) is 23.2 Å². The van der Waals surface area contributed by atoms with Gasteiger partial charge in [-0.1, -0.05) is 41.6 Å². The van der Waals surface area contributed by atoms with Crippen LogP contribution in [0.25, 0.3) is 22.0 Å². The van der Waals surface area contributed by atoms with Gasteiger partial charge in [0.05, 0.1) is 18.1 Å². The zero-order chi connectivity index (χ0) is 20.5. The first kappa shape index (κ1) is 18.5. The van der Waals surface area contributed by atoms with Crippen molar-refractivity contribution in [3.05, 3.63) is 66.9 Å². The Morgan fingerprint density at radius 3 is 2.87 bits per heavy atom. The smallest absolute Gasteiger partial charge is 0.245 e. The monoisotopic (exact) mass is 401 g/mol. The van der Waals surface area contributed by atoms with E-state index in [1.54, 1.807) is 17.1 Å². The Labute approximate surface area is 174 Å². The lowest BCUT2D eigenvalue weighted by Gasteiger charge is -2.39. The van der Waals surface area contributed by atoms with Crippen molar-refractivity contribution in [2.24, 2.45) is 0 Å². The van der Waals surface area contributed by atoms with Crippen LogP contribution in [0.5, 0.6) is 0 Å². The molecule has 2 aromatic carbocycles. The summed E-state index contributed by atoms with van der Waals surface area (Å²) in [5.41, 5.74) is 2.03. The number of aromatic amines is 1. The van der Waals surface area contributed by atoms with Crippen LogP contribution >= 0.6 is 0 Å². The normalized spacial score (nSPS) is 17.5. The summed E-state index contributed by atoms with van der Waals surface area (Å²) >= 11 is 0. The van der Waals surface area contributed by atoms with Crippen LogP contribution in [-0.2, 0) is 11.3 Å². The van der Waals surface area contributed by atoms with E-state index < -0.39 is 0 Å². The molecule has 0 aliphatic carbocycles. The van der Waals surface area contributed by atoms with Gasteiger partial charge in [-0.2, -0.15) is 0 Å². The molecule has 8 nitrogen and oxygen atoms in total. The maximum atomic E-state index is 13.0. The number of piperazine rings is 1. The summed E-state index contributed by atoms with van der Waals surface area (Å²) in [5.74, 6) is 0.818. The van der Waals surface area contributed by atoms with Crippen LogP contribution < -0.4 is 0 Å². The van der Waals surface area contributed by atoms with E-state index >= 15 is 0 Å². The van der Waals surface area contributed by atoms with Gasteiger partial charge in [0.25, 0.3) is 0 Å². The van der Waals surface area contributed by atoms with Crippen molar-refractivity contribution in [3.8, 4) is 11.3 Å². The first-order valence-electron chi connectivity index (χ1n) is 10.0. The molecule has 152 valence electrons. The number of amides is 1. The largest absolute Gasteiger partial charge is 0.340 e. The number of likely N-dealkylation sites (N-methyl/N-ethyl adjacent to an activating group) is 1. The minimum atomic E-state index is -0.131. The Kier molecular flexibility index (Phi) is 4.76. The fraction of sp³-hybridized carbons (Fsp3) is 0.273. The summed E-state index contributed by atoms with van der Waals surface area (Å²) in [5, 5.41) is 10.1. The summed E-state index contributed by atoms with van der Waals surface area (Å²) in [6.07, 6.45) is 5.14. The minimum Gasteiger partial charge on any atom is -0.340 e. The molecule has 1 aliphatic rings. The second-order valence-electron chi connectivity index (χ2n) is 7.71. The van der Waals surface area contributed by atoms with Gasteiger partial charge in [0.1, 0.15) is 18.4 Å². The van der Waals surface area contributed by atoms with Crippen molar-refractivity contribution in [1.82, 2.24) is 34.8 Å². The van der Waals surface area contributed by atoms with E-state index in [2.05, 4.69) is 62.6 Å². The highest BCUT2D eigenvalue weighted by Gasteiger charge is 2.32. The van der Waals surface area contributed by atoms with Crippen molar-refractivity contribution < 1.29 is 4.79 Å². The molecule has 1 fully saturated rings. The number of aromatic nitrogens is 5. The highest BCUT2D eigenvalue weighted by Crippen LogP contribution is 2.27. The molecule has 2 aromatic heterocycles. The average molecular weight is 401 g/mol. The van der Waals surface area contributed by atoms with Crippen molar-refractivity contribution in [2.75, 3.05) is 26.7 Å². The van der Waals surface area contributed by atoms with Crippen LogP contribution in [0.2, 0.25) is 0 Å². The lowest BCUT2D eigenvalue weighted by Crippen LogP contribution is -2.50. The van der Waals surface area contributed by atoms with Crippen LogP contribution in [0.4, 0.5) is 0 Å². The molecule has 5 rings (SSSR count). The van der Waals surface area contributed by atoms with Crippen molar-refractivity contribution >= 4 is 16.7 Å². The fourth-order valence-electron chi connectivity index (χ4n) is 4.01. The molecule has 1 N–H and O–H groups in total. The Morgan fingerprint density at radius 1 is 1.17 bits per heavy atom. The standard InChI is InChI=1S/C22H23N7O/c1-27-10-11-29(21(30)15-28-9-8-24-26-28)20(14-27)22-23-13-19(25-22)18-7-6-16-4-2-3-5-17(16)12-18/h2-9,12-13,20H,10-11,14-15H2,1H3,(H,23,25). The summed E-state index contributed by atoms with van der Waals surface area (Å²) in [6, 6.07) is 14.5. The molecule has 0 radical (unpaired) electrons. The number of nitrogens with one attached hydrogen (secondary N) is 1. The van der Waals surface area contributed by atoms with Crippen LogP contribution in [0.15, 0.2) is 61.1 Å². The quantitative estimate of drug-likeness (QED) is 0.568. The Hall–Kier alpha value is -3.52. The number of nitrogens with zero attached hydrogens (tertiary/aromatic N) is 6. The number of carbonyl (C=O) groups is 1.